The summed E-state index contributed by atoms with van der Waals surface area (Å²) in [4.78, 5) is 0. The second-order valence-corrected chi connectivity index (χ2v) is 5.31. The minimum absolute atomic E-state index is 0.0876. The molecule has 0 saturated carbocycles. The molecule has 0 bridgehead atoms. The quantitative estimate of drug-likeness (QED) is 0.712. The average molecular weight is 323 g/mol. The molecule has 0 amide bonds. The van der Waals surface area contributed by atoms with E-state index in [0.717, 1.165) is 29.1 Å². The number of alkyl halides is 3. The Bertz CT molecular complexity index is 652. The zero-order valence-corrected chi connectivity index (χ0v) is 12.5. The van der Waals surface area contributed by atoms with Gasteiger partial charge in [-0.05, 0) is 38.5 Å². The van der Waals surface area contributed by atoms with Crippen LogP contribution in [0.3, 0.4) is 0 Å². The molecule has 1 heterocycles. The van der Waals surface area contributed by atoms with Crippen molar-refractivity contribution < 1.29 is 13.2 Å². The number of nitrogens with zero attached hydrogens (tertiary/aromatic N) is 2. The van der Waals surface area contributed by atoms with Crippen molar-refractivity contribution in [1.29, 1.82) is 0 Å². The molecule has 2 rings (SSSR count). The zero-order chi connectivity index (χ0) is 15.2. The Morgan fingerprint density at radius 1 is 1.05 bits per heavy atom. The molecule has 2 aromatic rings. The summed E-state index contributed by atoms with van der Waals surface area (Å²) >= 11 is 11.9. The lowest BCUT2D eigenvalue weighted by atomic mass is 10.2. The SMILES string of the molecule is Cc1nn(-c2c(Cl)cc(C(F)(F)F)cc2Cl)c(C)c1C. The van der Waals surface area contributed by atoms with Gasteiger partial charge in [0.2, 0.25) is 0 Å². The first-order valence-corrected chi connectivity index (χ1v) is 6.48. The van der Waals surface area contributed by atoms with Crippen molar-refractivity contribution in [3.05, 3.63) is 44.7 Å². The first-order valence-electron chi connectivity index (χ1n) is 5.72. The summed E-state index contributed by atoms with van der Waals surface area (Å²) in [6.45, 7) is 5.49. The van der Waals surface area contributed by atoms with E-state index in [4.69, 9.17) is 23.2 Å². The number of aromatic nitrogens is 2. The van der Waals surface area contributed by atoms with E-state index >= 15 is 0 Å². The minimum atomic E-state index is -4.49. The topological polar surface area (TPSA) is 17.8 Å². The molecule has 108 valence electrons. The van der Waals surface area contributed by atoms with E-state index in [0.29, 0.717) is 0 Å². The molecular weight excluding hydrogens is 312 g/mol. The normalized spacial score (nSPS) is 12.0. The highest BCUT2D eigenvalue weighted by Gasteiger charge is 2.32. The van der Waals surface area contributed by atoms with E-state index in [1.807, 2.05) is 13.8 Å². The van der Waals surface area contributed by atoms with Crippen LogP contribution in [-0.2, 0) is 6.18 Å². The molecule has 20 heavy (non-hydrogen) atoms. The molecule has 0 spiro atoms. The summed E-state index contributed by atoms with van der Waals surface area (Å²) in [5.74, 6) is 0. The van der Waals surface area contributed by atoms with Gasteiger partial charge in [-0.2, -0.15) is 18.3 Å². The van der Waals surface area contributed by atoms with Crippen LogP contribution < -0.4 is 0 Å². The Morgan fingerprint density at radius 3 is 1.90 bits per heavy atom. The van der Waals surface area contributed by atoms with Gasteiger partial charge >= 0.3 is 6.18 Å². The second-order valence-electron chi connectivity index (χ2n) is 4.49. The molecule has 2 nitrogen and oxygen atoms in total. The largest absolute Gasteiger partial charge is 0.416 e. The standard InChI is InChI=1S/C13H11Cl2F3N2/c1-6-7(2)19-20(8(6)3)12-10(14)4-9(5-11(12)15)13(16,17)18/h4-5H,1-3H3. The van der Waals surface area contributed by atoms with Gasteiger partial charge in [0.1, 0.15) is 5.69 Å². The van der Waals surface area contributed by atoms with Crippen molar-refractivity contribution in [2.75, 3.05) is 0 Å². The third-order valence-corrected chi connectivity index (χ3v) is 3.79. The van der Waals surface area contributed by atoms with E-state index in [-0.39, 0.29) is 15.7 Å². The maximum Gasteiger partial charge on any atom is 0.416 e. The second kappa shape index (κ2) is 4.97. The molecule has 7 heteroatoms. The van der Waals surface area contributed by atoms with Gasteiger partial charge in [0, 0.05) is 5.69 Å². The summed E-state index contributed by atoms with van der Waals surface area (Å²) in [6, 6.07) is 1.71. The molecule has 0 unspecified atom stereocenters. The number of halogens is 5. The van der Waals surface area contributed by atoms with Gasteiger partial charge < -0.3 is 0 Å². The van der Waals surface area contributed by atoms with Crippen LogP contribution in [0.5, 0.6) is 0 Å². The molecular formula is C13H11Cl2F3N2. The third kappa shape index (κ3) is 2.52. The summed E-state index contributed by atoms with van der Waals surface area (Å²) < 4.78 is 39.5. The van der Waals surface area contributed by atoms with Crippen LogP contribution >= 0.6 is 23.2 Å². The highest BCUT2D eigenvalue weighted by Crippen LogP contribution is 2.38. The molecule has 0 aliphatic carbocycles. The van der Waals surface area contributed by atoms with Gasteiger partial charge in [0.05, 0.1) is 21.3 Å². The van der Waals surface area contributed by atoms with Crippen molar-refractivity contribution in [2.45, 2.75) is 26.9 Å². The van der Waals surface area contributed by atoms with Crippen LogP contribution in [0, 0.1) is 20.8 Å². The number of hydrogen-bond donors (Lipinski definition) is 0. The fourth-order valence-corrected chi connectivity index (χ4v) is 2.52. The van der Waals surface area contributed by atoms with Crippen molar-refractivity contribution in [3.8, 4) is 5.69 Å². The fourth-order valence-electron chi connectivity index (χ4n) is 1.87. The molecule has 0 atom stereocenters. The van der Waals surface area contributed by atoms with Crippen molar-refractivity contribution in [3.63, 3.8) is 0 Å². The van der Waals surface area contributed by atoms with Crippen LogP contribution in [0.4, 0.5) is 13.2 Å². The van der Waals surface area contributed by atoms with Crippen molar-refractivity contribution in [2.24, 2.45) is 0 Å². The van der Waals surface area contributed by atoms with Crippen LogP contribution in [0.1, 0.15) is 22.5 Å². The molecule has 0 saturated heterocycles. The number of benzene rings is 1. The highest BCUT2D eigenvalue weighted by atomic mass is 35.5. The Hall–Kier alpha value is -1.20. The molecule has 0 aliphatic heterocycles. The number of hydrogen-bond acceptors (Lipinski definition) is 1. The van der Waals surface area contributed by atoms with Gasteiger partial charge in [0.15, 0.2) is 0 Å². The van der Waals surface area contributed by atoms with Gasteiger partial charge in [0.25, 0.3) is 0 Å². The van der Waals surface area contributed by atoms with Crippen LogP contribution in [0.15, 0.2) is 12.1 Å². The Labute approximate surface area is 124 Å². The molecule has 0 radical (unpaired) electrons. The summed E-state index contributed by atoms with van der Waals surface area (Å²) in [7, 11) is 0. The van der Waals surface area contributed by atoms with Crippen molar-refractivity contribution in [1.82, 2.24) is 9.78 Å². The summed E-state index contributed by atoms with van der Waals surface area (Å²) in [6.07, 6.45) is -4.49. The minimum Gasteiger partial charge on any atom is -0.235 e. The van der Waals surface area contributed by atoms with Crippen LogP contribution in [-0.4, -0.2) is 9.78 Å². The Kier molecular flexibility index (Phi) is 3.77. The monoisotopic (exact) mass is 322 g/mol. The fraction of sp³-hybridized carbons (Fsp3) is 0.308. The lowest BCUT2D eigenvalue weighted by Crippen LogP contribution is -2.08. The van der Waals surface area contributed by atoms with E-state index in [1.54, 1.807) is 6.92 Å². The summed E-state index contributed by atoms with van der Waals surface area (Å²) in [5, 5.41) is 4.08. The maximum atomic E-state index is 12.7. The zero-order valence-electron chi connectivity index (χ0n) is 10.9. The molecule has 0 N–H and O–H groups in total. The first-order chi connectivity index (χ1) is 9.12. The molecule has 1 aromatic carbocycles. The highest BCUT2D eigenvalue weighted by molar-refractivity contribution is 6.37. The van der Waals surface area contributed by atoms with E-state index in [1.165, 1.54) is 4.68 Å². The predicted molar refractivity (Wildman–Crippen MR) is 72.8 cm³/mol. The van der Waals surface area contributed by atoms with Crippen LogP contribution in [0.2, 0.25) is 10.0 Å². The number of aryl methyl sites for hydroxylation is 1. The van der Waals surface area contributed by atoms with Gasteiger partial charge in [-0.25, -0.2) is 4.68 Å². The van der Waals surface area contributed by atoms with Crippen molar-refractivity contribution >= 4 is 23.2 Å². The predicted octanol–water partition coefficient (Wildman–Crippen LogP) is 5.12. The van der Waals surface area contributed by atoms with Gasteiger partial charge in [-0.1, -0.05) is 23.2 Å². The Morgan fingerprint density at radius 2 is 1.55 bits per heavy atom. The Balaban J connectivity index is 2.67. The first kappa shape index (κ1) is 15.2. The average Bonchev–Trinajstić information content (AvgIpc) is 2.55. The third-order valence-electron chi connectivity index (χ3n) is 3.21. The van der Waals surface area contributed by atoms with E-state index < -0.39 is 11.7 Å². The lowest BCUT2D eigenvalue weighted by Gasteiger charge is -2.13. The van der Waals surface area contributed by atoms with Gasteiger partial charge in [-0.15, -0.1) is 0 Å². The number of rotatable bonds is 1. The van der Waals surface area contributed by atoms with Crippen LogP contribution in [0.25, 0.3) is 5.69 Å². The lowest BCUT2D eigenvalue weighted by molar-refractivity contribution is -0.137. The van der Waals surface area contributed by atoms with Gasteiger partial charge in [-0.3, -0.25) is 0 Å². The summed E-state index contributed by atoms with van der Waals surface area (Å²) in [5.41, 5.74) is 1.88. The smallest absolute Gasteiger partial charge is 0.235 e. The molecule has 0 aliphatic rings. The van der Waals surface area contributed by atoms with E-state index in [2.05, 4.69) is 5.10 Å². The van der Waals surface area contributed by atoms with E-state index in [9.17, 15) is 13.2 Å². The molecule has 0 fully saturated rings. The molecule has 1 aromatic heterocycles. The maximum absolute atomic E-state index is 12.7.